The van der Waals surface area contributed by atoms with Gasteiger partial charge in [-0.15, -0.1) is 0 Å². The molecule has 0 atom stereocenters. The summed E-state index contributed by atoms with van der Waals surface area (Å²) < 4.78 is 7.91. The molecule has 182 valence electrons. The molecule has 37 heavy (non-hydrogen) atoms. The Morgan fingerprint density at radius 3 is 2.49 bits per heavy atom. The number of fused-ring (bicyclic) bond motifs is 1. The Hall–Kier alpha value is -5.16. The number of nitrogens with one attached hydrogen (secondary N) is 1. The molecule has 0 saturated carbocycles. The largest absolute Gasteiger partial charge is 0.439 e. The maximum Gasteiger partial charge on any atom is 0.220 e. The first-order chi connectivity index (χ1) is 17.9. The molecular formula is C29H25N7O. The topological polar surface area (TPSA) is 115 Å². The van der Waals surface area contributed by atoms with Crippen molar-refractivity contribution in [3.8, 4) is 40.1 Å². The van der Waals surface area contributed by atoms with Gasteiger partial charge in [-0.25, -0.2) is 15.0 Å². The molecule has 0 aliphatic heterocycles. The highest BCUT2D eigenvalue weighted by atomic mass is 16.5. The summed E-state index contributed by atoms with van der Waals surface area (Å²) in [5.74, 6) is 1.38. The van der Waals surface area contributed by atoms with Crippen molar-refractivity contribution < 1.29 is 4.74 Å². The Labute approximate surface area is 214 Å². The second kappa shape index (κ2) is 9.84. The first-order valence-electron chi connectivity index (χ1n) is 11.7. The summed E-state index contributed by atoms with van der Waals surface area (Å²) in [6.45, 7) is 6.65. The molecule has 0 amide bonds. The summed E-state index contributed by atoms with van der Waals surface area (Å²) in [5, 5.41) is 13.2. The summed E-state index contributed by atoms with van der Waals surface area (Å²) in [7, 11) is 1.98. The van der Waals surface area contributed by atoms with Gasteiger partial charge in [0.15, 0.2) is 0 Å². The molecule has 0 aliphatic rings. The second-order valence-electron chi connectivity index (χ2n) is 8.73. The van der Waals surface area contributed by atoms with Crippen molar-refractivity contribution in [2.45, 2.75) is 6.92 Å². The van der Waals surface area contributed by atoms with Crippen molar-refractivity contribution in [1.29, 1.82) is 5.26 Å². The normalized spacial score (nSPS) is 10.7. The van der Waals surface area contributed by atoms with Gasteiger partial charge >= 0.3 is 0 Å². The minimum absolute atomic E-state index is 0.297. The van der Waals surface area contributed by atoms with E-state index in [9.17, 15) is 0 Å². The molecule has 0 fully saturated rings. The van der Waals surface area contributed by atoms with Gasteiger partial charge in [-0.3, -0.25) is 0 Å². The van der Waals surface area contributed by atoms with Crippen molar-refractivity contribution in [2.75, 3.05) is 17.6 Å². The van der Waals surface area contributed by atoms with E-state index in [0.29, 0.717) is 23.1 Å². The molecule has 0 unspecified atom stereocenters. The van der Waals surface area contributed by atoms with Gasteiger partial charge in [0.25, 0.3) is 0 Å². The van der Waals surface area contributed by atoms with E-state index in [2.05, 4.69) is 39.0 Å². The molecule has 8 heteroatoms. The van der Waals surface area contributed by atoms with E-state index in [1.165, 1.54) is 6.33 Å². The lowest BCUT2D eigenvalue weighted by molar-refractivity contribution is 0.462. The fourth-order valence-corrected chi connectivity index (χ4v) is 4.24. The molecule has 0 radical (unpaired) electrons. The van der Waals surface area contributed by atoms with Gasteiger partial charge in [0, 0.05) is 30.9 Å². The van der Waals surface area contributed by atoms with Crippen LogP contribution in [0.1, 0.15) is 12.6 Å². The van der Waals surface area contributed by atoms with Crippen LogP contribution in [0.4, 0.5) is 11.5 Å². The van der Waals surface area contributed by atoms with E-state index in [4.69, 9.17) is 15.7 Å². The lowest BCUT2D eigenvalue weighted by Crippen LogP contribution is -2.01. The Bertz CT molecular complexity index is 1650. The van der Waals surface area contributed by atoms with Crippen LogP contribution in [0.3, 0.4) is 0 Å². The molecule has 3 aromatic heterocycles. The number of benzene rings is 2. The van der Waals surface area contributed by atoms with Gasteiger partial charge in [0.05, 0.1) is 11.1 Å². The van der Waals surface area contributed by atoms with Crippen LogP contribution in [0, 0.1) is 11.3 Å². The standard InChI is InChI=1S/C29H25N7O/c1-18(2)16-32-21-11-7-20(8-12-21)27-25(26-28(31)33-17-34-29(26)36(27)3)19-9-13-23(14-10-19)37-24-6-4-5-22(15-30)35-24/h4-14,17,32H,1,16H2,2-3H3,(H2,31,33,34). The fraction of sp³-hybridized carbons (Fsp3) is 0.103. The first-order valence-corrected chi connectivity index (χ1v) is 11.7. The fourth-order valence-electron chi connectivity index (χ4n) is 4.24. The van der Waals surface area contributed by atoms with Gasteiger partial charge in [-0.2, -0.15) is 5.26 Å². The van der Waals surface area contributed by atoms with E-state index in [1.54, 1.807) is 18.2 Å². The molecule has 3 heterocycles. The average molecular weight is 488 g/mol. The number of nitrogens with zero attached hydrogens (tertiary/aromatic N) is 5. The summed E-state index contributed by atoms with van der Waals surface area (Å²) in [5.41, 5.74) is 13.4. The molecule has 2 aromatic carbocycles. The molecule has 8 nitrogen and oxygen atoms in total. The van der Waals surface area contributed by atoms with Gasteiger partial charge in [0.1, 0.15) is 35.3 Å². The van der Waals surface area contributed by atoms with E-state index in [-0.39, 0.29) is 0 Å². The average Bonchev–Trinajstić information content (AvgIpc) is 3.21. The van der Waals surface area contributed by atoms with E-state index >= 15 is 0 Å². The lowest BCUT2D eigenvalue weighted by Gasteiger charge is -2.12. The third-order valence-corrected chi connectivity index (χ3v) is 5.95. The van der Waals surface area contributed by atoms with E-state index in [0.717, 1.165) is 51.2 Å². The van der Waals surface area contributed by atoms with Crippen molar-refractivity contribution in [3.63, 3.8) is 0 Å². The molecule has 3 N–H and O–H groups in total. The highest BCUT2D eigenvalue weighted by Crippen LogP contribution is 2.42. The second-order valence-corrected chi connectivity index (χ2v) is 8.73. The Morgan fingerprint density at radius 1 is 1.05 bits per heavy atom. The minimum atomic E-state index is 0.297. The number of aryl methyl sites for hydroxylation is 1. The molecular weight excluding hydrogens is 462 g/mol. The van der Waals surface area contributed by atoms with Crippen molar-refractivity contribution in [2.24, 2.45) is 7.05 Å². The lowest BCUT2D eigenvalue weighted by atomic mass is 9.98. The number of hydrogen-bond donors (Lipinski definition) is 2. The third kappa shape index (κ3) is 4.70. The van der Waals surface area contributed by atoms with Crippen LogP contribution in [-0.4, -0.2) is 26.1 Å². The number of ether oxygens (including phenoxy) is 1. The van der Waals surface area contributed by atoms with Crippen molar-refractivity contribution in [1.82, 2.24) is 19.5 Å². The zero-order valence-electron chi connectivity index (χ0n) is 20.6. The zero-order chi connectivity index (χ0) is 25.9. The van der Waals surface area contributed by atoms with Crippen LogP contribution in [0.5, 0.6) is 11.6 Å². The summed E-state index contributed by atoms with van der Waals surface area (Å²) >= 11 is 0. The number of pyridine rings is 1. The molecule has 0 aliphatic carbocycles. The van der Waals surface area contributed by atoms with Crippen LogP contribution in [0.2, 0.25) is 0 Å². The smallest absolute Gasteiger partial charge is 0.220 e. The number of anilines is 2. The number of rotatable bonds is 7. The van der Waals surface area contributed by atoms with Gasteiger partial charge in [-0.1, -0.05) is 42.5 Å². The molecule has 0 saturated heterocycles. The highest BCUT2D eigenvalue weighted by molar-refractivity contribution is 6.07. The van der Waals surface area contributed by atoms with Crippen LogP contribution in [0.15, 0.2) is 85.2 Å². The van der Waals surface area contributed by atoms with E-state index in [1.807, 2.05) is 61.0 Å². The first kappa shape index (κ1) is 23.6. The number of hydrogen-bond acceptors (Lipinski definition) is 7. The Kier molecular flexibility index (Phi) is 6.27. The SMILES string of the molecule is C=C(C)CNc1ccc(-c2c(-c3ccc(Oc4cccc(C#N)n4)cc3)c3c(N)ncnc3n2C)cc1. The summed E-state index contributed by atoms with van der Waals surface area (Å²) in [6, 6.07) is 23.0. The number of nitriles is 1. The van der Waals surface area contributed by atoms with E-state index < -0.39 is 0 Å². The van der Waals surface area contributed by atoms with Gasteiger partial charge in [-0.05, 0) is 48.4 Å². The monoisotopic (exact) mass is 487 g/mol. The maximum absolute atomic E-state index is 9.09. The summed E-state index contributed by atoms with van der Waals surface area (Å²) in [6.07, 6.45) is 1.48. The van der Waals surface area contributed by atoms with Gasteiger partial charge < -0.3 is 20.4 Å². The molecule has 5 aromatic rings. The van der Waals surface area contributed by atoms with Crippen LogP contribution < -0.4 is 15.8 Å². The Balaban J connectivity index is 1.56. The quantitative estimate of drug-likeness (QED) is 0.273. The predicted molar refractivity (Wildman–Crippen MR) is 146 cm³/mol. The number of nitrogens with two attached hydrogens (primary N) is 1. The van der Waals surface area contributed by atoms with Crippen molar-refractivity contribution >= 4 is 22.5 Å². The molecule has 0 spiro atoms. The zero-order valence-corrected chi connectivity index (χ0v) is 20.6. The molecule has 5 rings (SSSR count). The number of aromatic nitrogens is 4. The van der Waals surface area contributed by atoms with Crippen LogP contribution in [-0.2, 0) is 7.05 Å². The molecule has 0 bridgehead atoms. The number of nitrogen functional groups attached to an aromatic ring is 1. The van der Waals surface area contributed by atoms with Crippen LogP contribution in [0.25, 0.3) is 33.4 Å². The minimum Gasteiger partial charge on any atom is -0.439 e. The predicted octanol–water partition coefficient (Wildman–Crippen LogP) is 5.93. The Morgan fingerprint density at radius 2 is 1.78 bits per heavy atom. The van der Waals surface area contributed by atoms with Crippen LogP contribution >= 0.6 is 0 Å². The summed E-state index contributed by atoms with van der Waals surface area (Å²) in [4.78, 5) is 13.0. The third-order valence-electron chi connectivity index (χ3n) is 5.95. The van der Waals surface area contributed by atoms with Crippen molar-refractivity contribution in [3.05, 3.63) is 90.9 Å². The van der Waals surface area contributed by atoms with Gasteiger partial charge in [0.2, 0.25) is 5.88 Å². The highest BCUT2D eigenvalue weighted by Gasteiger charge is 2.21. The maximum atomic E-state index is 9.09.